The molecule has 0 spiro atoms. The summed E-state index contributed by atoms with van der Waals surface area (Å²) >= 11 is 0. The second-order valence-electron chi connectivity index (χ2n) is 5.90. The molecular formula is C23H29NO. The molecule has 1 atom stereocenters. The van der Waals surface area contributed by atoms with Crippen molar-refractivity contribution in [1.82, 2.24) is 0 Å². The molecule has 132 valence electrons. The van der Waals surface area contributed by atoms with E-state index in [0.717, 1.165) is 0 Å². The Balaban J connectivity index is 0.00000101. The zero-order valence-corrected chi connectivity index (χ0v) is 14.5. The van der Waals surface area contributed by atoms with Crippen molar-refractivity contribution < 1.29 is 5.11 Å². The third-order valence-electron chi connectivity index (χ3n) is 4.42. The van der Waals surface area contributed by atoms with Gasteiger partial charge in [-0.25, -0.2) is 0 Å². The highest BCUT2D eigenvalue weighted by molar-refractivity contribution is 5.50. The van der Waals surface area contributed by atoms with Crippen LogP contribution in [0.5, 0.6) is 5.75 Å². The lowest BCUT2D eigenvalue weighted by atomic mass is 9.71. The number of nitrogens with two attached hydrogens (primary N) is 1. The number of phenolic OH excluding ortho intramolecular Hbond substituents is 1. The first-order valence-electron chi connectivity index (χ1n) is 8.10. The van der Waals surface area contributed by atoms with Crippen LogP contribution in [0.3, 0.4) is 0 Å². The highest BCUT2D eigenvalue weighted by atomic mass is 16.3. The second kappa shape index (κ2) is 9.05. The van der Waals surface area contributed by atoms with Gasteiger partial charge in [0, 0.05) is 5.41 Å². The Kier molecular flexibility index (Phi) is 7.41. The molecule has 0 aliphatic rings. The molecule has 2 heteroatoms. The van der Waals surface area contributed by atoms with Crippen molar-refractivity contribution in [2.24, 2.45) is 5.73 Å². The SMILES string of the molecule is C.CN.Cc1ccc(C(C)(c2ccccc2)c2ccc(O)cc2)cc1. The maximum Gasteiger partial charge on any atom is 0.115 e. The summed E-state index contributed by atoms with van der Waals surface area (Å²) in [5, 5.41) is 9.60. The van der Waals surface area contributed by atoms with E-state index in [4.69, 9.17) is 0 Å². The largest absolute Gasteiger partial charge is 0.508 e. The van der Waals surface area contributed by atoms with Gasteiger partial charge < -0.3 is 10.8 Å². The van der Waals surface area contributed by atoms with Gasteiger partial charge in [-0.1, -0.05) is 79.7 Å². The molecule has 0 amide bonds. The first kappa shape index (κ1) is 20.5. The summed E-state index contributed by atoms with van der Waals surface area (Å²) in [6, 6.07) is 26.7. The Morgan fingerprint density at radius 3 is 1.56 bits per heavy atom. The van der Waals surface area contributed by atoms with Crippen molar-refractivity contribution in [2.75, 3.05) is 7.05 Å². The number of hydrogen-bond donors (Lipinski definition) is 2. The van der Waals surface area contributed by atoms with Crippen LogP contribution >= 0.6 is 0 Å². The molecule has 2 nitrogen and oxygen atoms in total. The Labute approximate surface area is 152 Å². The van der Waals surface area contributed by atoms with E-state index < -0.39 is 0 Å². The molecule has 0 heterocycles. The first-order valence-corrected chi connectivity index (χ1v) is 8.10. The fourth-order valence-corrected chi connectivity index (χ4v) is 2.95. The Bertz CT molecular complexity index is 701. The van der Waals surface area contributed by atoms with Crippen LogP contribution in [-0.4, -0.2) is 12.2 Å². The molecule has 25 heavy (non-hydrogen) atoms. The van der Waals surface area contributed by atoms with Crippen LogP contribution < -0.4 is 5.73 Å². The molecule has 3 N–H and O–H groups in total. The van der Waals surface area contributed by atoms with E-state index in [0.29, 0.717) is 5.75 Å². The summed E-state index contributed by atoms with van der Waals surface area (Å²) in [7, 11) is 1.50. The number of aryl methyl sites for hydroxylation is 1. The van der Waals surface area contributed by atoms with Crippen LogP contribution in [-0.2, 0) is 5.41 Å². The lowest BCUT2D eigenvalue weighted by molar-refractivity contribution is 0.474. The molecule has 3 rings (SSSR count). The van der Waals surface area contributed by atoms with E-state index in [9.17, 15) is 5.11 Å². The number of rotatable bonds is 3. The van der Waals surface area contributed by atoms with Crippen LogP contribution in [0.15, 0.2) is 78.9 Å². The predicted molar refractivity (Wildman–Crippen MR) is 108 cm³/mol. The molecule has 0 bridgehead atoms. The van der Waals surface area contributed by atoms with E-state index >= 15 is 0 Å². The lowest BCUT2D eigenvalue weighted by Crippen LogP contribution is -2.25. The molecule has 3 aromatic carbocycles. The summed E-state index contributed by atoms with van der Waals surface area (Å²) < 4.78 is 0. The summed E-state index contributed by atoms with van der Waals surface area (Å²) in [6.07, 6.45) is 0. The minimum absolute atomic E-state index is 0. The molecule has 0 aliphatic carbocycles. The highest BCUT2D eigenvalue weighted by Crippen LogP contribution is 2.39. The molecule has 0 aliphatic heterocycles. The zero-order valence-electron chi connectivity index (χ0n) is 14.5. The predicted octanol–water partition coefficient (Wildman–Crippen LogP) is 5.27. The van der Waals surface area contributed by atoms with Gasteiger partial charge in [0.15, 0.2) is 0 Å². The fraction of sp³-hybridized carbons (Fsp3) is 0.217. The van der Waals surface area contributed by atoms with Gasteiger partial charge in [-0.2, -0.15) is 0 Å². The highest BCUT2D eigenvalue weighted by Gasteiger charge is 2.30. The topological polar surface area (TPSA) is 46.2 Å². The summed E-state index contributed by atoms with van der Waals surface area (Å²) in [4.78, 5) is 0. The molecular weight excluding hydrogens is 306 g/mol. The molecule has 0 aromatic heterocycles. The van der Waals surface area contributed by atoms with Crippen molar-refractivity contribution in [3.8, 4) is 5.75 Å². The van der Waals surface area contributed by atoms with Crippen molar-refractivity contribution in [1.29, 1.82) is 0 Å². The van der Waals surface area contributed by atoms with Gasteiger partial charge in [0.05, 0.1) is 0 Å². The number of benzene rings is 3. The van der Waals surface area contributed by atoms with Crippen LogP contribution in [0.25, 0.3) is 0 Å². The molecule has 0 radical (unpaired) electrons. The van der Waals surface area contributed by atoms with Crippen LogP contribution in [0.1, 0.15) is 36.6 Å². The smallest absolute Gasteiger partial charge is 0.115 e. The number of aromatic hydroxyl groups is 1. The molecule has 3 aromatic rings. The van der Waals surface area contributed by atoms with E-state index in [1.54, 1.807) is 12.1 Å². The Morgan fingerprint density at radius 2 is 1.08 bits per heavy atom. The first-order chi connectivity index (χ1) is 11.6. The van der Waals surface area contributed by atoms with Gasteiger partial charge in [0.1, 0.15) is 5.75 Å². The molecule has 1 unspecified atom stereocenters. The standard InChI is InChI=1S/C21H20O.CH5N.CH4/c1-16-8-10-18(11-9-16)21(2,17-6-4-3-5-7-17)19-12-14-20(22)15-13-19;1-2;/h3-15,22H,1-2H3;2H2,1H3;1H4. The van der Waals surface area contributed by atoms with Gasteiger partial charge in [-0.15, -0.1) is 0 Å². The van der Waals surface area contributed by atoms with Crippen LogP contribution in [0.4, 0.5) is 0 Å². The average Bonchev–Trinajstić information content (AvgIpc) is 2.65. The van der Waals surface area contributed by atoms with E-state index in [-0.39, 0.29) is 12.8 Å². The van der Waals surface area contributed by atoms with Crippen molar-refractivity contribution in [3.05, 3.63) is 101 Å². The van der Waals surface area contributed by atoms with Crippen molar-refractivity contribution in [2.45, 2.75) is 26.7 Å². The summed E-state index contributed by atoms with van der Waals surface area (Å²) in [6.45, 7) is 4.34. The van der Waals surface area contributed by atoms with Gasteiger partial charge in [-0.3, -0.25) is 0 Å². The van der Waals surface area contributed by atoms with Crippen molar-refractivity contribution >= 4 is 0 Å². The third kappa shape index (κ3) is 4.28. The Hall–Kier alpha value is -2.58. The number of phenols is 1. The molecule has 0 saturated heterocycles. The maximum atomic E-state index is 9.60. The van der Waals surface area contributed by atoms with Crippen molar-refractivity contribution in [3.63, 3.8) is 0 Å². The maximum absolute atomic E-state index is 9.60. The van der Waals surface area contributed by atoms with Crippen LogP contribution in [0, 0.1) is 6.92 Å². The van der Waals surface area contributed by atoms with Crippen LogP contribution in [0.2, 0.25) is 0 Å². The average molecular weight is 335 g/mol. The quantitative estimate of drug-likeness (QED) is 0.641. The van der Waals surface area contributed by atoms with E-state index in [2.05, 4.69) is 68.1 Å². The summed E-state index contributed by atoms with van der Waals surface area (Å²) in [5.74, 6) is 0.295. The van der Waals surface area contributed by atoms with Gasteiger partial charge in [-0.05, 0) is 49.7 Å². The third-order valence-corrected chi connectivity index (χ3v) is 4.42. The number of hydrogen-bond acceptors (Lipinski definition) is 2. The molecule has 0 fully saturated rings. The zero-order chi connectivity index (χ0) is 17.6. The van der Waals surface area contributed by atoms with Gasteiger partial charge in [0.2, 0.25) is 0 Å². The molecule has 0 saturated carbocycles. The lowest BCUT2D eigenvalue weighted by Gasteiger charge is -2.32. The summed E-state index contributed by atoms with van der Waals surface area (Å²) in [5.41, 5.74) is 9.16. The fourth-order valence-electron chi connectivity index (χ4n) is 2.95. The van der Waals surface area contributed by atoms with Gasteiger partial charge >= 0.3 is 0 Å². The minimum Gasteiger partial charge on any atom is -0.508 e. The normalized spacial score (nSPS) is 12.2. The Morgan fingerprint density at radius 1 is 0.680 bits per heavy atom. The second-order valence-corrected chi connectivity index (χ2v) is 5.90. The minimum atomic E-state index is -0.247. The van der Waals surface area contributed by atoms with Gasteiger partial charge in [0.25, 0.3) is 0 Å². The van der Waals surface area contributed by atoms with E-state index in [1.807, 2.05) is 18.2 Å². The monoisotopic (exact) mass is 335 g/mol. The van der Waals surface area contributed by atoms with E-state index in [1.165, 1.54) is 29.3 Å².